The van der Waals surface area contributed by atoms with Crippen molar-refractivity contribution in [2.45, 2.75) is 70.4 Å². The van der Waals surface area contributed by atoms with Crippen molar-refractivity contribution in [1.82, 2.24) is 5.32 Å². The van der Waals surface area contributed by atoms with E-state index in [1.54, 1.807) is 13.0 Å². The summed E-state index contributed by atoms with van der Waals surface area (Å²) in [6, 6.07) is 7.56. The van der Waals surface area contributed by atoms with Gasteiger partial charge in [0.25, 0.3) is 5.91 Å². The van der Waals surface area contributed by atoms with E-state index in [9.17, 15) is 9.59 Å². The molecule has 1 aromatic rings. The molecule has 4 bridgehead atoms. The summed E-state index contributed by atoms with van der Waals surface area (Å²) in [7, 11) is 0. The number of amides is 1. The highest BCUT2D eigenvalue weighted by Crippen LogP contribution is 2.61. The van der Waals surface area contributed by atoms with E-state index in [1.807, 2.05) is 18.2 Å². The van der Waals surface area contributed by atoms with Crippen molar-refractivity contribution in [3.05, 3.63) is 35.4 Å². The van der Waals surface area contributed by atoms with Crippen LogP contribution in [0.25, 0.3) is 0 Å². The third-order valence-electron chi connectivity index (χ3n) is 7.92. The van der Waals surface area contributed by atoms with Crippen LogP contribution >= 0.6 is 0 Å². The number of hydrogen-bond donors (Lipinski definition) is 1. The first kappa shape index (κ1) is 17.3. The van der Waals surface area contributed by atoms with Crippen molar-refractivity contribution in [3.63, 3.8) is 0 Å². The van der Waals surface area contributed by atoms with Gasteiger partial charge < -0.3 is 10.1 Å². The molecule has 4 saturated carbocycles. The molecular weight excluding hydrogens is 338 g/mol. The quantitative estimate of drug-likeness (QED) is 0.825. The molecule has 2 atom stereocenters. The Kier molecular flexibility index (Phi) is 3.73. The number of ether oxygens (including phenoxy) is 1. The first-order valence-electron chi connectivity index (χ1n) is 10.5. The van der Waals surface area contributed by atoms with E-state index < -0.39 is 11.6 Å². The van der Waals surface area contributed by atoms with Gasteiger partial charge in [-0.15, -0.1) is 0 Å². The van der Waals surface area contributed by atoms with Crippen molar-refractivity contribution in [2.75, 3.05) is 0 Å². The third kappa shape index (κ3) is 2.71. The van der Waals surface area contributed by atoms with Crippen LogP contribution in [0.3, 0.4) is 0 Å². The molecular formula is C23H29NO3. The normalized spacial score (nSPS) is 40.2. The Morgan fingerprint density at radius 2 is 1.70 bits per heavy atom. The average molecular weight is 367 g/mol. The zero-order chi connectivity index (χ0) is 18.8. The zero-order valence-electron chi connectivity index (χ0n) is 16.3. The molecule has 1 N–H and O–H groups in total. The molecule has 0 saturated heterocycles. The van der Waals surface area contributed by atoms with Crippen LogP contribution in [0, 0.1) is 23.2 Å². The lowest BCUT2D eigenvalue weighted by molar-refractivity contribution is -0.144. The summed E-state index contributed by atoms with van der Waals surface area (Å²) >= 11 is 0. The summed E-state index contributed by atoms with van der Waals surface area (Å²) < 4.78 is 5.63. The van der Waals surface area contributed by atoms with E-state index in [1.165, 1.54) is 38.5 Å². The van der Waals surface area contributed by atoms with Crippen LogP contribution in [0.15, 0.2) is 24.3 Å². The Labute approximate surface area is 161 Å². The molecule has 0 spiro atoms. The summed E-state index contributed by atoms with van der Waals surface area (Å²) in [6.07, 6.45) is 8.37. The lowest BCUT2D eigenvalue weighted by Gasteiger charge is -2.59. The Morgan fingerprint density at radius 1 is 1.11 bits per heavy atom. The molecule has 1 aliphatic heterocycles. The number of esters is 1. The number of nitrogens with one attached hydrogen (secondary N) is 1. The second-order valence-electron chi connectivity index (χ2n) is 9.93. The first-order chi connectivity index (χ1) is 12.9. The highest BCUT2D eigenvalue weighted by molar-refractivity contribution is 5.97. The van der Waals surface area contributed by atoms with Gasteiger partial charge in [0.2, 0.25) is 0 Å². The van der Waals surface area contributed by atoms with Crippen LogP contribution < -0.4 is 5.32 Å². The smallest absolute Gasteiger partial charge is 0.339 e. The second kappa shape index (κ2) is 5.83. The lowest BCUT2D eigenvalue weighted by Crippen LogP contribution is -2.60. The summed E-state index contributed by atoms with van der Waals surface area (Å²) in [5.74, 6) is 2.02. The second-order valence-corrected chi connectivity index (χ2v) is 9.93. The van der Waals surface area contributed by atoms with Crippen LogP contribution in [0.2, 0.25) is 0 Å². The van der Waals surface area contributed by atoms with Gasteiger partial charge in [-0.2, -0.15) is 0 Å². The van der Waals surface area contributed by atoms with Crippen LogP contribution in [-0.2, 0) is 16.0 Å². The van der Waals surface area contributed by atoms with E-state index in [0.717, 1.165) is 23.3 Å². The third-order valence-corrected chi connectivity index (χ3v) is 7.92. The first-order valence-corrected chi connectivity index (χ1v) is 10.5. The van der Waals surface area contributed by atoms with Gasteiger partial charge in [-0.05, 0) is 87.2 Å². The number of fused-ring (bicyclic) bond motifs is 1. The molecule has 0 aromatic heterocycles. The highest BCUT2D eigenvalue weighted by atomic mass is 16.6. The number of carbonyl (C=O) groups excluding carboxylic acids is 2. The largest absolute Gasteiger partial charge is 0.445 e. The van der Waals surface area contributed by atoms with Gasteiger partial charge in [0.1, 0.15) is 0 Å². The molecule has 0 unspecified atom stereocenters. The summed E-state index contributed by atoms with van der Waals surface area (Å²) in [6.45, 7) is 3.93. The predicted molar refractivity (Wildman–Crippen MR) is 102 cm³/mol. The van der Waals surface area contributed by atoms with Gasteiger partial charge in [0, 0.05) is 12.5 Å². The fourth-order valence-electron chi connectivity index (χ4n) is 6.87. The number of rotatable bonds is 3. The van der Waals surface area contributed by atoms with E-state index in [4.69, 9.17) is 4.74 Å². The van der Waals surface area contributed by atoms with Crippen LogP contribution in [0.4, 0.5) is 0 Å². The maximum absolute atomic E-state index is 13.2. The van der Waals surface area contributed by atoms with Crippen molar-refractivity contribution in [2.24, 2.45) is 23.2 Å². The molecule has 4 fully saturated rings. The molecule has 1 amide bonds. The number of benzene rings is 1. The Balaban J connectivity index is 1.34. The van der Waals surface area contributed by atoms with Crippen molar-refractivity contribution in [3.8, 4) is 0 Å². The monoisotopic (exact) mass is 367 g/mol. The van der Waals surface area contributed by atoms with Gasteiger partial charge in [0.15, 0.2) is 5.60 Å². The number of carbonyl (C=O) groups is 2. The molecule has 6 rings (SSSR count). The van der Waals surface area contributed by atoms with E-state index in [-0.39, 0.29) is 17.4 Å². The molecule has 5 aliphatic rings. The topological polar surface area (TPSA) is 55.4 Å². The SMILES string of the molecule is C[C@@H](NC(=O)[C@@]1(C)Cc2ccccc2C(=O)O1)C12CC3CC(CC(C3)C1)C2. The lowest BCUT2D eigenvalue weighted by atomic mass is 9.48. The standard InChI is InChI=1S/C23H29NO3/c1-14(23-10-15-7-16(11-23)9-17(8-15)12-23)24-21(26)22(2)13-18-5-3-4-6-19(18)20(25)27-22/h3-6,14-17H,7-13H2,1-2H3,(H,24,26)/t14-,15?,16?,17?,22-,23?/m1/s1. The van der Waals surface area contributed by atoms with Gasteiger partial charge in [-0.25, -0.2) is 4.79 Å². The van der Waals surface area contributed by atoms with Gasteiger partial charge >= 0.3 is 5.97 Å². The molecule has 27 heavy (non-hydrogen) atoms. The minimum Gasteiger partial charge on any atom is -0.445 e. The minimum atomic E-state index is -1.12. The highest BCUT2D eigenvalue weighted by Gasteiger charge is 2.54. The molecule has 4 aliphatic carbocycles. The Morgan fingerprint density at radius 3 is 2.33 bits per heavy atom. The van der Waals surface area contributed by atoms with Crippen LogP contribution in [0.5, 0.6) is 0 Å². The fraction of sp³-hybridized carbons (Fsp3) is 0.652. The minimum absolute atomic E-state index is 0.131. The molecule has 144 valence electrons. The molecule has 1 aromatic carbocycles. The molecule has 4 heteroatoms. The number of hydrogen-bond acceptors (Lipinski definition) is 3. The van der Waals surface area contributed by atoms with E-state index in [2.05, 4.69) is 12.2 Å². The fourth-order valence-corrected chi connectivity index (χ4v) is 6.87. The summed E-state index contributed by atoms with van der Waals surface area (Å²) in [5, 5.41) is 3.28. The van der Waals surface area contributed by atoms with E-state index >= 15 is 0 Å². The Hall–Kier alpha value is -1.84. The van der Waals surface area contributed by atoms with Gasteiger partial charge in [-0.1, -0.05) is 18.2 Å². The maximum atomic E-state index is 13.2. The molecule has 1 heterocycles. The molecule has 0 radical (unpaired) electrons. The molecule has 4 nitrogen and oxygen atoms in total. The van der Waals surface area contributed by atoms with Crippen LogP contribution in [0.1, 0.15) is 68.3 Å². The van der Waals surface area contributed by atoms with Gasteiger partial charge in [-0.3, -0.25) is 4.79 Å². The van der Waals surface area contributed by atoms with Crippen molar-refractivity contribution in [1.29, 1.82) is 0 Å². The Bertz CT molecular complexity index is 765. The van der Waals surface area contributed by atoms with Crippen molar-refractivity contribution < 1.29 is 14.3 Å². The van der Waals surface area contributed by atoms with Gasteiger partial charge in [0.05, 0.1) is 5.56 Å². The predicted octanol–water partition coefficient (Wildman–Crippen LogP) is 3.88. The zero-order valence-corrected chi connectivity index (χ0v) is 16.3. The van der Waals surface area contributed by atoms with Crippen molar-refractivity contribution >= 4 is 11.9 Å². The maximum Gasteiger partial charge on any atom is 0.339 e. The average Bonchev–Trinajstić information content (AvgIpc) is 2.60. The van der Waals surface area contributed by atoms with E-state index in [0.29, 0.717) is 12.0 Å². The number of cyclic esters (lactones) is 1. The summed E-state index contributed by atoms with van der Waals surface area (Å²) in [4.78, 5) is 25.6. The summed E-state index contributed by atoms with van der Waals surface area (Å²) in [5.41, 5.74) is 0.602. The van der Waals surface area contributed by atoms with Crippen LogP contribution in [-0.4, -0.2) is 23.5 Å².